The van der Waals surface area contributed by atoms with Gasteiger partial charge in [0.25, 0.3) is 0 Å². The van der Waals surface area contributed by atoms with E-state index in [0.29, 0.717) is 0 Å². The fourth-order valence-corrected chi connectivity index (χ4v) is 4.03. The van der Waals surface area contributed by atoms with Crippen molar-refractivity contribution in [3.63, 3.8) is 0 Å². The number of hydrogen-bond donors (Lipinski definition) is 2. The Morgan fingerprint density at radius 2 is 1.83 bits per heavy atom. The minimum Gasteiger partial charge on any atom is -0.464 e. The number of hydrogen-bond acceptors (Lipinski definition) is 8. The van der Waals surface area contributed by atoms with Crippen LogP contribution in [0, 0.1) is 11.8 Å². The zero-order valence-corrected chi connectivity index (χ0v) is 16.8. The molecule has 1 saturated heterocycles. The summed E-state index contributed by atoms with van der Waals surface area (Å²) in [5.41, 5.74) is -1.23. The maximum atomic E-state index is 13.3. The van der Waals surface area contributed by atoms with Crippen LogP contribution in [0.2, 0.25) is 0 Å². The number of alkyl halides is 4. The predicted octanol–water partition coefficient (Wildman–Crippen LogP) is 1.14. The van der Waals surface area contributed by atoms with Gasteiger partial charge in [-0.3, -0.25) is 9.35 Å². The molecule has 0 radical (unpaired) electrons. The third-order valence-electron chi connectivity index (χ3n) is 5.19. The second-order valence-corrected chi connectivity index (χ2v) is 9.29. The molecule has 0 amide bonds. The van der Waals surface area contributed by atoms with E-state index in [1.807, 2.05) is 0 Å². The fourth-order valence-electron chi connectivity index (χ4n) is 3.55. The van der Waals surface area contributed by atoms with E-state index in [4.69, 9.17) is 14.0 Å². The Morgan fingerprint density at radius 1 is 1.23 bits per heavy atom. The molecule has 1 aliphatic carbocycles. The first kappa shape index (κ1) is 24.8. The van der Waals surface area contributed by atoms with Gasteiger partial charge in [-0.2, -0.15) is 26.0 Å². The van der Waals surface area contributed by atoms with Crippen LogP contribution in [-0.4, -0.2) is 72.2 Å². The lowest BCUT2D eigenvalue weighted by Gasteiger charge is -2.38. The lowest BCUT2D eigenvalue weighted by molar-refractivity contribution is -0.177. The Kier molecular flexibility index (Phi) is 6.77. The average Bonchev–Trinajstić information content (AvgIpc) is 2.88. The van der Waals surface area contributed by atoms with E-state index in [1.165, 1.54) is 13.8 Å². The van der Waals surface area contributed by atoms with Gasteiger partial charge in [0.15, 0.2) is 0 Å². The molecule has 4 atom stereocenters. The summed E-state index contributed by atoms with van der Waals surface area (Å²) in [6.45, 7) is 0.981. The van der Waals surface area contributed by atoms with Crippen LogP contribution in [0.3, 0.4) is 0 Å². The van der Waals surface area contributed by atoms with Crippen LogP contribution >= 0.6 is 0 Å². The molecule has 0 spiro atoms. The van der Waals surface area contributed by atoms with Crippen molar-refractivity contribution in [2.75, 3.05) is 13.2 Å². The van der Waals surface area contributed by atoms with Crippen LogP contribution in [0.4, 0.5) is 17.6 Å². The maximum Gasteiger partial charge on any atom is 0.431 e. The molecule has 2 rings (SSSR count). The van der Waals surface area contributed by atoms with Gasteiger partial charge in [0, 0.05) is 12.3 Å². The van der Waals surface area contributed by atoms with Crippen molar-refractivity contribution in [1.82, 2.24) is 0 Å². The van der Waals surface area contributed by atoms with Gasteiger partial charge in [0.1, 0.15) is 12.7 Å². The summed E-state index contributed by atoms with van der Waals surface area (Å²) in [6.07, 6.45) is -2.85. The Bertz CT molecular complexity index is 778. The summed E-state index contributed by atoms with van der Waals surface area (Å²) in [5.74, 6) is -7.91. The average molecular weight is 466 g/mol. The third kappa shape index (κ3) is 5.03. The maximum absolute atomic E-state index is 13.3. The normalized spacial score (nSPS) is 27.7. The first-order valence-electron chi connectivity index (χ1n) is 8.90. The van der Waals surface area contributed by atoms with Crippen LogP contribution < -0.4 is 0 Å². The highest BCUT2D eigenvalue weighted by Gasteiger charge is 2.65. The van der Waals surface area contributed by atoms with Crippen molar-refractivity contribution in [2.24, 2.45) is 11.8 Å². The Morgan fingerprint density at radius 3 is 2.37 bits per heavy atom. The molecule has 1 heterocycles. The first-order chi connectivity index (χ1) is 13.5. The number of aliphatic hydroxyl groups is 1. The Balaban J connectivity index is 1.86. The molecule has 0 aromatic heterocycles. The van der Waals surface area contributed by atoms with Gasteiger partial charge in [-0.1, -0.05) is 0 Å². The van der Waals surface area contributed by atoms with E-state index in [-0.39, 0.29) is 12.8 Å². The fraction of sp³-hybridized carbons (Fsp3) is 0.875. The van der Waals surface area contributed by atoms with E-state index in [9.17, 15) is 40.7 Å². The first-order valence-corrected chi connectivity index (χ1v) is 10.3. The third-order valence-corrected chi connectivity index (χ3v) is 6.14. The lowest BCUT2D eigenvalue weighted by atomic mass is 9.71. The quantitative estimate of drug-likeness (QED) is 0.291. The van der Waals surface area contributed by atoms with Gasteiger partial charge < -0.3 is 19.3 Å². The molecule has 1 saturated carbocycles. The van der Waals surface area contributed by atoms with Crippen molar-refractivity contribution in [2.45, 2.75) is 62.1 Å². The van der Waals surface area contributed by atoms with E-state index in [1.54, 1.807) is 0 Å². The van der Waals surface area contributed by atoms with E-state index < -0.39 is 82.5 Å². The van der Waals surface area contributed by atoms with Crippen LogP contribution in [0.5, 0.6) is 0 Å². The number of carbonyl (C=O) groups excluding carboxylic acids is 2. The molecule has 14 heteroatoms. The summed E-state index contributed by atoms with van der Waals surface area (Å²) < 4.78 is 96.7. The van der Waals surface area contributed by atoms with Gasteiger partial charge in [-0.15, -0.1) is 0 Å². The molecule has 2 bridgehead atoms. The van der Waals surface area contributed by atoms with E-state index >= 15 is 0 Å². The summed E-state index contributed by atoms with van der Waals surface area (Å²) in [7, 11) is -6.37. The van der Waals surface area contributed by atoms with Crippen molar-refractivity contribution in [3.05, 3.63) is 0 Å². The van der Waals surface area contributed by atoms with Gasteiger partial charge in [-0.25, -0.2) is 4.79 Å². The van der Waals surface area contributed by atoms with Crippen LogP contribution in [0.25, 0.3) is 0 Å². The van der Waals surface area contributed by atoms with Gasteiger partial charge in [-0.05, 0) is 20.3 Å². The number of rotatable bonds is 9. The SMILES string of the molecule is CC(C)(O)C1CC(OCC(=O)OCCC(F)(F)C(F)(F)S(=O)(=O)O)C2CC1C(=O)O2. The molecule has 30 heavy (non-hydrogen) atoms. The number of halogens is 4. The monoisotopic (exact) mass is 466 g/mol. The number of esters is 2. The lowest BCUT2D eigenvalue weighted by Crippen LogP contribution is -2.47. The van der Waals surface area contributed by atoms with Crippen molar-refractivity contribution < 1.29 is 59.4 Å². The molecule has 2 N–H and O–H groups in total. The van der Waals surface area contributed by atoms with Crippen LogP contribution in [-0.2, 0) is 33.9 Å². The smallest absolute Gasteiger partial charge is 0.431 e. The Labute approximate surface area is 169 Å². The second kappa shape index (κ2) is 8.20. The minimum atomic E-state index is -6.37. The highest BCUT2D eigenvalue weighted by atomic mass is 32.2. The largest absolute Gasteiger partial charge is 0.464 e. The molecule has 2 aliphatic rings. The van der Waals surface area contributed by atoms with Crippen LogP contribution in [0.1, 0.15) is 33.1 Å². The van der Waals surface area contributed by atoms with Gasteiger partial charge in [0.05, 0.1) is 30.7 Å². The van der Waals surface area contributed by atoms with Crippen molar-refractivity contribution >= 4 is 22.1 Å². The molecule has 174 valence electrons. The molecule has 9 nitrogen and oxygen atoms in total. The zero-order valence-electron chi connectivity index (χ0n) is 16.0. The molecule has 0 aromatic rings. The molecule has 1 aliphatic heterocycles. The minimum absolute atomic E-state index is 0.177. The zero-order chi connectivity index (χ0) is 23.1. The number of fused-ring (bicyclic) bond motifs is 2. The summed E-state index contributed by atoms with van der Waals surface area (Å²) in [6, 6.07) is 0. The summed E-state index contributed by atoms with van der Waals surface area (Å²) in [4.78, 5) is 23.6. The van der Waals surface area contributed by atoms with Crippen molar-refractivity contribution in [3.8, 4) is 0 Å². The van der Waals surface area contributed by atoms with Gasteiger partial charge in [0.2, 0.25) is 0 Å². The van der Waals surface area contributed by atoms with E-state index in [2.05, 4.69) is 4.74 Å². The second-order valence-electron chi connectivity index (χ2n) is 7.83. The molecule has 0 aromatic carbocycles. The van der Waals surface area contributed by atoms with Gasteiger partial charge >= 0.3 is 33.2 Å². The predicted molar refractivity (Wildman–Crippen MR) is 89.2 cm³/mol. The summed E-state index contributed by atoms with van der Waals surface area (Å²) in [5, 5.41) is 4.49. The topological polar surface area (TPSA) is 136 Å². The highest BCUT2D eigenvalue weighted by molar-refractivity contribution is 7.87. The molecule has 4 unspecified atom stereocenters. The van der Waals surface area contributed by atoms with E-state index in [0.717, 1.165) is 0 Å². The van der Waals surface area contributed by atoms with Crippen LogP contribution in [0.15, 0.2) is 0 Å². The molecule has 2 fully saturated rings. The van der Waals surface area contributed by atoms with Crippen molar-refractivity contribution in [1.29, 1.82) is 0 Å². The number of ether oxygens (including phenoxy) is 3. The standard InChI is InChI=1S/C16H22F4O9S/c1-14(2,23)9-6-10(11-5-8(9)13(22)29-11)28-7-12(21)27-4-3-15(17,18)16(19,20)30(24,25)26/h8-11,23H,3-7H2,1-2H3,(H,24,25,26). The number of carbonyl (C=O) groups is 2. The molecular formula is C16H22F4O9S. The summed E-state index contributed by atoms with van der Waals surface area (Å²) >= 11 is 0. The Hall–Kier alpha value is -1.51. The molecular weight excluding hydrogens is 444 g/mol. The highest BCUT2D eigenvalue weighted by Crippen LogP contribution is 2.44.